The Bertz CT molecular complexity index is 195. The predicted molar refractivity (Wildman–Crippen MR) is 50.6 cm³/mol. The fourth-order valence-corrected chi connectivity index (χ4v) is 1.89. The number of carbonyl (C=O) groups is 1. The normalized spacial score (nSPS) is 24.5. The number of hydrogen-bond donors (Lipinski definition) is 1. The van der Waals surface area contributed by atoms with Crippen molar-refractivity contribution in [3.63, 3.8) is 0 Å². The lowest BCUT2D eigenvalue weighted by atomic mass is 10.3. The van der Waals surface area contributed by atoms with Crippen LogP contribution in [0.2, 0.25) is 0 Å². The first kappa shape index (κ1) is 8.81. The van der Waals surface area contributed by atoms with Gasteiger partial charge in [0.15, 0.2) is 0 Å². The van der Waals surface area contributed by atoms with Crippen molar-refractivity contribution in [2.75, 3.05) is 33.2 Å². The minimum absolute atomic E-state index is 0.0652. The quantitative estimate of drug-likeness (QED) is 0.626. The number of nitrogens with zero attached hydrogens (tertiary/aromatic N) is 2. The minimum atomic E-state index is 0.0652. The van der Waals surface area contributed by atoms with E-state index in [1.807, 2.05) is 4.90 Å². The molecule has 2 fully saturated rings. The van der Waals surface area contributed by atoms with Gasteiger partial charge in [0.25, 0.3) is 0 Å². The van der Waals surface area contributed by atoms with E-state index in [0.29, 0.717) is 0 Å². The molecule has 4 nitrogen and oxygen atoms in total. The molecule has 74 valence electrons. The van der Waals surface area contributed by atoms with Gasteiger partial charge in [-0.25, -0.2) is 4.79 Å². The fraction of sp³-hybridized carbons (Fsp3) is 0.889. The summed E-state index contributed by atoms with van der Waals surface area (Å²) in [5.41, 5.74) is 0. The largest absolute Gasteiger partial charge is 0.341 e. The highest BCUT2D eigenvalue weighted by atomic mass is 16.2. The van der Waals surface area contributed by atoms with Crippen LogP contribution in [-0.4, -0.2) is 55.1 Å². The van der Waals surface area contributed by atoms with Gasteiger partial charge in [0.05, 0.1) is 0 Å². The van der Waals surface area contributed by atoms with Crippen LogP contribution >= 0.6 is 0 Å². The molecule has 0 bridgehead atoms. The first-order valence-corrected chi connectivity index (χ1v) is 5.02. The molecule has 1 N–H and O–H groups in total. The molecular weight excluding hydrogens is 166 g/mol. The van der Waals surface area contributed by atoms with Crippen molar-refractivity contribution in [1.82, 2.24) is 15.1 Å². The predicted octanol–water partition coefficient (Wildman–Crippen LogP) is 0.106. The third kappa shape index (κ3) is 1.94. The van der Waals surface area contributed by atoms with Crippen molar-refractivity contribution < 1.29 is 4.79 Å². The van der Waals surface area contributed by atoms with Gasteiger partial charge in [-0.2, -0.15) is 0 Å². The minimum Gasteiger partial charge on any atom is -0.341 e. The van der Waals surface area contributed by atoms with Crippen LogP contribution in [0.15, 0.2) is 0 Å². The van der Waals surface area contributed by atoms with Crippen molar-refractivity contribution in [2.45, 2.75) is 18.9 Å². The molecule has 0 unspecified atom stereocenters. The Labute approximate surface area is 78.9 Å². The number of carbonyl (C=O) groups excluding carboxylic acids is 1. The topological polar surface area (TPSA) is 35.6 Å². The van der Waals surface area contributed by atoms with E-state index < -0.39 is 0 Å². The van der Waals surface area contributed by atoms with Crippen molar-refractivity contribution in [2.24, 2.45) is 0 Å². The van der Waals surface area contributed by atoms with E-state index in [9.17, 15) is 4.79 Å². The van der Waals surface area contributed by atoms with E-state index in [4.69, 9.17) is 0 Å². The average Bonchev–Trinajstić information content (AvgIpc) is 3.00. The van der Waals surface area contributed by atoms with Crippen LogP contribution in [0.1, 0.15) is 12.8 Å². The third-order valence-electron chi connectivity index (χ3n) is 2.88. The second kappa shape index (κ2) is 3.54. The molecular formula is C9H17N3O. The molecule has 0 aromatic rings. The molecule has 0 atom stereocenters. The summed E-state index contributed by atoms with van der Waals surface area (Å²) < 4.78 is 0. The zero-order chi connectivity index (χ0) is 9.26. The highest BCUT2D eigenvalue weighted by Crippen LogP contribution is 2.27. The van der Waals surface area contributed by atoms with Crippen molar-refractivity contribution in [3.05, 3.63) is 0 Å². The lowest BCUT2D eigenvalue weighted by Gasteiger charge is -2.34. The van der Waals surface area contributed by atoms with E-state index in [1.165, 1.54) is 12.8 Å². The van der Waals surface area contributed by atoms with Gasteiger partial charge in [-0.05, 0) is 12.8 Å². The molecule has 0 radical (unpaired) electrons. The molecule has 1 saturated carbocycles. The van der Waals surface area contributed by atoms with Gasteiger partial charge in [-0.15, -0.1) is 0 Å². The average molecular weight is 183 g/mol. The van der Waals surface area contributed by atoms with Crippen LogP contribution in [-0.2, 0) is 0 Å². The van der Waals surface area contributed by atoms with Crippen LogP contribution < -0.4 is 5.32 Å². The molecule has 0 aromatic heterocycles. The summed E-state index contributed by atoms with van der Waals surface area (Å²) in [6, 6.07) is 0.905. The Morgan fingerprint density at radius 1 is 1.23 bits per heavy atom. The maximum Gasteiger partial charge on any atom is 0.317 e. The summed E-state index contributed by atoms with van der Waals surface area (Å²) in [6.07, 6.45) is 2.72. The first-order chi connectivity index (χ1) is 6.31. The van der Waals surface area contributed by atoms with Crippen LogP contribution in [0.25, 0.3) is 0 Å². The molecule has 2 rings (SSSR count). The number of amides is 2. The maximum atomic E-state index is 11.3. The molecule has 0 aromatic carbocycles. The lowest BCUT2D eigenvalue weighted by Crippen LogP contribution is -2.51. The Balaban J connectivity index is 1.78. The Kier molecular flexibility index (Phi) is 2.40. The van der Waals surface area contributed by atoms with E-state index in [0.717, 1.165) is 32.2 Å². The van der Waals surface area contributed by atoms with Crippen LogP contribution in [0, 0.1) is 0 Å². The van der Waals surface area contributed by atoms with Gasteiger partial charge in [0.1, 0.15) is 0 Å². The summed E-state index contributed by atoms with van der Waals surface area (Å²) in [6.45, 7) is 3.88. The molecule has 13 heavy (non-hydrogen) atoms. The molecule has 2 aliphatic rings. The molecule has 1 aliphatic carbocycles. The van der Waals surface area contributed by atoms with Gasteiger partial charge in [-0.1, -0.05) is 0 Å². The van der Waals surface area contributed by atoms with Crippen LogP contribution in [0.3, 0.4) is 0 Å². The molecule has 2 amide bonds. The lowest BCUT2D eigenvalue weighted by molar-refractivity contribution is 0.136. The molecule has 1 saturated heterocycles. The Hall–Kier alpha value is -0.770. The maximum absolute atomic E-state index is 11.3. The van der Waals surface area contributed by atoms with Crippen molar-refractivity contribution >= 4 is 6.03 Å². The molecule has 4 heteroatoms. The second-order valence-corrected chi connectivity index (χ2v) is 3.81. The summed E-state index contributed by atoms with van der Waals surface area (Å²) in [4.78, 5) is 15.6. The number of urea groups is 1. The molecule has 0 spiro atoms. The van der Waals surface area contributed by atoms with Crippen molar-refractivity contribution in [3.8, 4) is 0 Å². The Morgan fingerprint density at radius 3 is 2.31 bits per heavy atom. The SMILES string of the molecule is CNC(=O)N1CCN(C2CC2)CC1. The number of rotatable bonds is 1. The molecule has 1 aliphatic heterocycles. The summed E-state index contributed by atoms with van der Waals surface area (Å²) in [5.74, 6) is 0. The summed E-state index contributed by atoms with van der Waals surface area (Å²) >= 11 is 0. The molecule has 1 heterocycles. The van der Waals surface area contributed by atoms with Gasteiger partial charge >= 0.3 is 6.03 Å². The van der Waals surface area contributed by atoms with Gasteiger partial charge in [-0.3, -0.25) is 4.90 Å². The van der Waals surface area contributed by atoms with E-state index in [1.54, 1.807) is 7.05 Å². The Morgan fingerprint density at radius 2 is 1.85 bits per heavy atom. The zero-order valence-electron chi connectivity index (χ0n) is 8.12. The van der Waals surface area contributed by atoms with E-state index in [2.05, 4.69) is 10.2 Å². The number of hydrogen-bond acceptors (Lipinski definition) is 2. The second-order valence-electron chi connectivity index (χ2n) is 3.81. The first-order valence-electron chi connectivity index (χ1n) is 5.02. The highest BCUT2D eigenvalue weighted by molar-refractivity contribution is 5.73. The van der Waals surface area contributed by atoms with Gasteiger partial charge < -0.3 is 10.2 Å². The van der Waals surface area contributed by atoms with Crippen LogP contribution in [0.5, 0.6) is 0 Å². The summed E-state index contributed by atoms with van der Waals surface area (Å²) in [5, 5.41) is 2.66. The standard InChI is InChI=1S/C9H17N3O/c1-10-9(13)12-6-4-11(5-7-12)8-2-3-8/h8H,2-7H2,1H3,(H,10,13). The number of piperazine rings is 1. The van der Waals surface area contributed by atoms with E-state index >= 15 is 0 Å². The highest BCUT2D eigenvalue weighted by Gasteiger charge is 2.31. The van der Waals surface area contributed by atoms with E-state index in [-0.39, 0.29) is 6.03 Å². The van der Waals surface area contributed by atoms with Gasteiger partial charge in [0.2, 0.25) is 0 Å². The van der Waals surface area contributed by atoms with Gasteiger partial charge in [0, 0.05) is 39.3 Å². The monoisotopic (exact) mass is 183 g/mol. The van der Waals surface area contributed by atoms with Crippen LogP contribution in [0.4, 0.5) is 4.79 Å². The summed E-state index contributed by atoms with van der Waals surface area (Å²) in [7, 11) is 1.69. The third-order valence-corrected chi connectivity index (χ3v) is 2.88. The van der Waals surface area contributed by atoms with Crippen molar-refractivity contribution in [1.29, 1.82) is 0 Å². The fourth-order valence-electron chi connectivity index (χ4n) is 1.89. The number of nitrogens with one attached hydrogen (secondary N) is 1. The smallest absolute Gasteiger partial charge is 0.317 e. The zero-order valence-corrected chi connectivity index (χ0v) is 8.12.